The largest absolute Gasteiger partial charge is 0.331 e. The van der Waals surface area contributed by atoms with Crippen molar-refractivity contribution in [3.63, 3.8) is 0 Å². The number of nitrogens with zero attached hydrogens (tertiary/aromatic N) is 4. The summed E-state index contributed by atoms with van der Waals surface area (Å²) in [5.41, 5.74) is 4.68. The number of carbonyl (C=O) groups excluding carboxylic acids is 1. The fraction of sp³-hybridized carbons (Fsp3) is 0.118. The van der Waals surface area contributed by atoms with Crippen molar-refractivity contribution >= 4 is 28.8 Å². The van der Waals surface area contributed by atoms with Crippen LogP contribution in [0.15, 0.2) is 53.6 Å². The summed E-state index contributed by atoms with van der Waals surface area (Å²) in [6, 6.07) is 13.6. The first-order valence-corrected chi connectivity index (χ1v) is 7.51. The number of aryl methyl sites for hydroxylation is 1. The molecular formula is C17H15N5O3. The van der Waals surface area contributed by atoms with Crippen molar-refractivity contribution in [3.05, 3.63) is 70.0 Å². The van der Waals surface area contributed by atoms with Gasteiger partial charge in [0, 0.05) is 24.7 Å². The molecule has 1 aromatic heterocycles. The standard InChI is InChI=1S/C17H15N5O3/c1-21-15-8-3-2-7-14(15)19-16(21)10-17(23)20-18-11-12-5-4-6-13(9-12)22(24)25/h2-9,11H,10H2,1H3,(H,20,23)/b18-11+. The van der Waals surface area contributed by atoms with E-state index in [0.717, 1.165) is 11.0 Å². The first-order valence-electron chi connectivity index (χ1n) is 7.51. The molecular weight excluding hydrogens is 322 g/mol. The summed E-state index contributed by atoms with van der Waals surface area (Å²) in [6.07, 6.45) is 1.44. The normalized spacial score (nSPS) is 11.1. The summed E-state index contributed by atoms with van der Waals surface area (Å²) in [7, 11) is 1.85. The van der Waals surface area contributed by atoms with Crippen LogP contribution >= 0.6 is 0 Å². The fourth-order valence-electron chi connectivity index (χ4n) is 2.43. The number of carbonyl (C=O) groups is 1. The number of amides is 1. The van der Waals surface area contributed by atoms with Crippen molar-refractivity contribution in [1.29, 1.82) is 0 Å². The zero-order valence-electron chi connectivity index (χ0n) is 13.4. The Hall–Kier alpha value is -3.55. The second-order valence-electron chi connectivity index (χ2n) is 5.40. The highest BCUT2D eigenvalue weighted by molar-refractivity contribution is 5.84. The van der Waals surface area contributed by atoms with Gasteiger partial charge in [-0.15, -0.1) is 0 Å². The molecule has 8 heteroatoms. The van der Waals surface area contributed by atoms with E-state index in [2.05, 4.69) is 15.5 Å². The van der Waals surface area contributed by atoms with Crippen molar-refractivity contribution in [2.75, 3.05) is 0 Å². The minimum Gasteiger partial charge on any atom is -0.331 e. The highest BCUT2D eigenvalue weighted by Crippen LogP contribution is 2.14. The third-order valence-electron chi connectivity index (χ3n) is 3.68. The zero-order valence-corrected chi connectivity index (χ0v) is 13.4. The Morgan fingerprint density at radius 3 is 2.88 bits per heavy atom. The van der Waals surface area contributed by atoms with Gasteiger partial charge in [0.25, 0.3) is 5.69 Å². The number of hydrazone groups is 1. The Kier molecular flexibility index (Phi) is 4.51. The van der Waals surface area contributed by atoms with E-state index >= 15 is 0 Å². The van der Waals surface area contributed by atoms with Gasteiger partial charge in [-0.2, -0.15) is 5.10 Å². The monoisotopic (exact) mass is 337 g/mol. The van der Waals surface area contributed by atoms with E-state index < -0.39 is 4.92 Å². The second-order valence-corrected chi connectivity index (χ2v) is 5.40. The van der Waals surface area contributed by atoms with Gasteiger partial charge in [-0.1, -0.05) is 24.3 Å². The molecule has 0 saturated heterocycles. The molecule has 126 valence electrons. The number of imidazole rings is 1. The molecule has 0 bridgehead atoms. The van der Waals surface area contributed by atoms with Crippen LogP contribution in [0.3, 0.4) is 0 Å². The molecule has 25 heavy (non-hydrogen) atoms. The number of nitro benzene ring substituents is 1. The minimum atomic E-state index is -0.484. The highest BCUT2D eigenvalue weighted by Gasteiger charge is 2.11. The quantitative estimate of drug-likeness (QED) is 0.438. The van der Waals surface area contributed by atoms with E-state index in [1.165, 1.54) is 18.3 Å². The minimum absolute atomic E-state index is 0.0324. The van der Waals surface area contributed by atoms with Gasteiger partial charge in [-0.25, -0.2) is 10.4 Å². The molecule has 2 aromatic carbocycles. The Morgan fingerprint density at radius 1 is 1.32 bits per heavy atom. The van der Waals surface area contributed by atoms with Gasteiger partial charge in [0.2, 0.25) is 5.91 Å². The number of benzene rings is 2. The zero-order chi connectivity index (χ0) is 17.8. The molecule has 0 spiro atoms. The number of nitro groups is 1. The predicted octanol–water partition coefficient (Wildman–Crippen LogP) is 2.17. The van der Waals surface area contributed by atoms with Gasteiger partial charge < -0.3 is 4.57 Å². The van der Waals surface area contributed by atoms with Crippen LogP contribution in [-0.2, 0) is 18.3 Å². The average Bonchev–Trinajstić information content (AvgIpc) is 2.91. The molecule has 0 fully saturated rings. The number of para-hydroxylation sites is 2. The summed E-state index contributed by atoms with van der Waals surface area (Å²) >= 11 is 0. The van der Waals surface area contributed by atoms with Crippen molar-refractivity contribution < 1.29 is 9.72 Å². The van der Waals surface area contributed by atoms with E-state index in [1.807, 2.05) is 35.9 Å². The molecule has 0 radical (unpaired) electrons. The first kappa shape index (κ1) is 16.3. The topological polar surface area (TPSA) is 102 Å². The molecule has 0 unspecified atom stereocenters. The second kappa shape index (κ2) is 6.91. The Balaban J connectivity index is 1.65. The van der Waals surface area contributed by atoms with Crippen molar-refractivity contribution in [1.82, 2.24) is 15.0 Å². The first-order chi connectivity index (χ1) is 12.0. The Bertz CT molecular complexity index is 977. The van der Waals surface area contributed by atoms with Crippen LogP contribution in [-0.4, -0.2) is 26.6 Å². The van der Waals surface area contributed by atoms with E-state index in [-0.39, 0.29) is 18.0 Å². The highest BCUT2D eigenvalue weighted by atomic mass is 16.6. The lowest BCUT2D eigenvalue weighted by molar-refractivity contribution is -0.384. The van der Waals surface area contributed by atoms with Gasteiger partial charge in [-0.05, 0) is 12.1 Å². The lowest BCUT2D eigenvalue weighted by Gasteiger charge is -2.01. The van der Waals surface area contributed by atoms with Crippen molar-refractivity contribution in [2.24, 2.45) is 12.1 Å². The van der Waals surface area contributed by atoms with Crippen LogP contribution in [0.2, 0.25) is 0 Å². The van der Waals surface area contributed by atoms with Crippen LogP contribution in [0.1, 0.15) is 11.4 Å². The molecule has 0 aliphatic heterocycles. The van der Waals surface area contributed by atoms with Gasteiger partial charge in [-0.3, -0.25) is 14.9 Å². The van der Waals surface area contributed by atoms with E-state index in [0.29, 0.717) is 11.4 Å². The lowest BCUT2D eigenvalue weighted by atomic mass is 10.2. The Morgan fingerprint density at radius 2 is 2.12 bits per heavy atom. The molecule has 1 N–H and O–H groups in total. The summed E-state index contributed by atoms with van der Waals surface area (Å²) in [6.45, 7) is 0. The number of fused-ring (bicyclic) bond motifs is 1. The molecule has 0 aliphatic carbocycles. The van der Waals surface area contributed by atoms with Crippen molar-refractivity contribution in [2.45, 2.75) is 6.42 Å². The molecule has 1 heterocycles. The third kappa shape index (κ3) is 3.69. The average molecular weight is 337 g/mol. The van der Waals surface area contributed by atoms with Crippen LogP contribution in [0.5, 0.6) is 0 Å². The summed E-state index contributed by atoms with van der Waals surface area (Å²) in [5.74, 6) is 0.310. The van der Waals surface area contributed by atoms with E-state index in [4.69, 9.17) is 0 Å². The maximum absolute atomic E-state index is 12.0. The number of rotatable bonds is 5. The van der Waals surface area contributed by atoms with Crippen LogP contribution < -0.4 is 5.43 Å². The molecule has 0 saturated carbocycles. The van der Waals surface area contributed by atoms with Gasteiger partial charge in [0.1, 0.15) is 5.82 Å². The summed E-state index contributed by atoms with van der Waals surface area (Å²) < 4.78 is 1.86. The number of non-ortho nitro benzene ring substituents is 1. The van der Waals surface area contributed by atoms with Crippen LogP contribution in [0, 0.1) is 10.1 Å². The van der Waals surface area contributed by atoms with Gasteiger partial charge in [0.15, 0.2) is 0 Å². The molecule has 0 atom stereocenters. The smallest absolute Gasteiger partial charge is 0.270 e. The fourth-order valence-corrected chi connectivity index (χ4v) is 2.43. The molecule has 3 aromatic rings. The summed E-state index contributed by atoms with van der Waals surface area (Å²) in [5, 5.41) is 14.6. The summed E-state index contributed by atoms with van der Waals surface area (Å²) in [4.78, 5) is 26.7. The predicted molar refractivity (Wildman–Crippen MR) is 93.3 cm³/mol. The molecule has 8 nitrogen and oxygen atoms in total. The van der Waals surface area contributed by atoms with Crippen LogP contribution in [0.4, 0.5) is 5.69 Å². The molecule has 3 rings (SSSR count). The molecule has 1 amide bonds. The van der Waals surface area contributed by atoms with Gasteiger partial charge in [0.05, 0.1) is 28.6 Å². The number of hydrogen-bond donors (Lipinski definition) is 1. The molecule has 0 aliphatic rings. The lowest BCUT2D eigenvalue weighted by Crippen LogP contribution is -2.21. The number of aromatic nitrogens is 2. The number of nitrogens with one attached hydrogen (secondary N) is 1. The maximum atomic E-state index is 12.0. The van der Waals surface area contributed by atoms with E-state index in [1.54, 1.807) is 12.1 Å². The van der Waals surface area contributed by atoms with Gasteiger partial charge >= 0.3 is 0 Å². The maximum Gasteiger partial charge on any atom is 0.270 e. The SMILES string of the molecule is Cn1c(CC(=O)N/N=C/c2cccc([N+](=O)[O-])c2)nc2ccccc21. The van der Waals surface area contributed by atoms with Crippen molar-refractivity contribution in [3.8, 4) is 0 Å². The van der Waals surface area contributed by atoms with Crippen LogP contribution in [0.25, 0.3) is 11.0 Å². The Labute approximate surface area is 142 Å². The third-order valence-corrected chi connectivity index (χ3v) is 3.68. The number of hydrogen-bond acceptors (Lipinski definition) is 5. The van der Waals surface area contributed by atoms with E-state index in [9.17, 15) is 14.9 Å².